The molecule has 0 saturated heterocycles. The molecule has 0 fully saturated rings. The van der Waals surface area contributed by atoms with Crippen LogP contribution in [0.15, 0.2) is 18.9 Å². The Hall–Kier alpha value is -0.920. The molecule has 0 aliphatic carbocycles. The monoisotopic (exact) mass is 110 g/mol. The zero-order valence-electron chi connectivity index (χ0n) is 4.91. The van der Waals surface area contributed by atoms with E-state index in [1.54, 1.807) is 0 Å². The van der Waals surface area contributed by atoms with Gasteiger partial charge in [0.2, 0.25) is 0 Å². The number of rotatable bonds is 0. The molecule has 0 bridgehead atoms. The maximum Gasteiger partial charge on any atom is -0.00271 e. The molecule has 0 aliphatic heterocycles. The van der Waals surface area contributed by atoms with Gasteiger partial charge in [0.05, 0.1) is 0 Å². The van der Waals surface area contributed by atoms with Crippen molar-refractivity contribution in [2.24, 2.45) is 0 Å². The highest BCUT2D eigenvalue weighted by atomic mass is 13.3. The van der Waals surface area contributed by atoms with E-state index >= 15 is 0 Å². The van der Waals surface area contributed by atoms with Crippen molar-refractivity contribution in [3.8, 4) is 11.8 Å². The maximum atomic E-state index is 3.12. The van der Waals surface area contributed by atoms with Gasteiger partial charge < -0.3 is 0 Å². The van der Waals surface area contributed by atoms with E-state index in [-0.39, 0.29) is 7.43 Å². The average molecular weight is 110 g/mol. The molecule has 0 heteroatoms. The molecular weight excluding hydrogens is 96.1 g/mol. The van der Waals surface area contributed by atoms with Crippen molar-refractivity contribution in [1.82, 2.24) is 0 Å². The summed E-state index contributed by atoms with van der Waals surface area (Å²) >= 11 is 0. The molecule has 0 heterocycles. The van der Waals surface area contributed by atoms with E-state index in [0.29, 0.717) is 0 Å². The first-order valence-electron chi connectivity index (χ1n) is 1.96. The molecule has 8 heavy (non-hydrogen) atoms. The van der Waals surface area contributed by atoms with Crippen molar-refractivity contribution in [2.45, 2.75) is 21.3 Å². The smallest absolute Gasteiger partial charge is 0.00271 e. The van der Waals surface area contributed by atoms with Crippen LogP contribution in [0.25, 0.3) is 0 Å². The minimum absolute atomic E-state index is 0. The van der Waals surface area contributed by atoms with Crippen molar-refractivity contribution >= 4 is 0 Å². The van der Waals surface area contributed by atoms with E-state index in [2.05, 4.69) is 30.7 Å². The molecule has 0 aromatic rings. The topological polar surface area (TPSA) is 0 Å². The van der Waals surface area contributed by atoms with Gasteiger partial charge in [0.1, 0.15) is 0 Å². The molecule has 0 amide bonds. The Kier molecular flexibility index (Phi) is 71.3. The molecule has 0 aliphatic rings. The Bertz CT molecular complexity index is 86.9. The summed E-state index contributed by atoms with van der Waals surface area (Å²) in [6.45, 7) is 9.89. The predicted octanol–water partition coefficient (Wildman–Crippen LogP) is 2.62. The summed E-state index contributed by atoms with van der Waals surface area (Å²) in [6.07, 6.45) is 0. The lowest BCUT2D eigenvalue weighted by Gasteiger charge is -1.40. The molecule has 0 rings (SSSR count). The molecular formula is C8H14. The molecule has 0 unspecified atom stereocenters. The third kappa shape index (κ3) is 13200. The zero-order chi connectivity index (χ0) is 6.12. The van der Waals surface area contributed by atoms with Gasteiger partial charge in [-0.3, -0.25) is 0 Å². The van der Waals surface area contributed by atoms with Gasteiger partial charge in [0.25, 0.3) is 0 Å². The van der Waals surface area contributed by atoms with Gasteiger partial charge in [-0.1, -0.05) is 20.6 Å². The summed E-state index contributed by atoms with van der Waals surface area (Å²) in [5.74, 6) is 5.36. The molecule has 0 radical (unpaired) electrons. The van der Waals surface area contributed by atoms with Crippen LogP contribution in [-0.4, -0.2) is 0 Å². The van der Waals surface area contributed by atoms with E-state index in [0.717, 1.165) is 0 Å². The fourth-order valence-electron chi connectivity index (χ4n) is 0. The maximum absolute atomic E-state index is 3.12. The number of hydrogen-bond donors (Lipinski definition) is 0. The van der Waals surface area contributed by atoms with Crippen LogP contribution in [-0.2, 0) is 0 Å². The number of hydrogen-bond acceptors (Lipinski definition) is 0. The fraction of sp³-hybridized carbons (Fsp3) is 0.375. The molecule has 0 aromatic carbocycles. The molecule has 0 N–H and O–H groups in total. The molecule has 46 valence electrons. The van der Waals surface area contributed by atoms with E-state index in [1.807, 2.05) is 13.8 Å². The lowest BCUT2D eigenvalue weighted by Crippen LogP contribution is -1.28. The van der Waals surface area contributed by atoms with E-state index in [1.165, 1.54) is 0 Å². The first-order chi connectivity index (χ1) is 3.33. The summed E-state index contributed by atoms with van der Waals surface area (Å²) in [7, 11) is 0. The highest BCUT2D eigenvalue weighted by Gasteiger charge is 1.26. The summed E-state index contributed by atoms with van der Waals surface area (Å²) in [6, 6.07) is 0. The predicted molar refractivity (Wildman–Crippen MR) is 40.6 cm³/mol. The highest BCUT2D eigenvalue weighted by Crippen LogP contribution is 1.39. The summed E-state index contributed by atoms with van der Waals surface area (Å²) in [5.41, 5.74) is 2.25. The van der Waals surface area contributed by atoms with E-state index < -0.39 is 0 Å². The average Bonchev–Trinajstić information content (AvgIpc) is 1.69. The quantitative estimate of drug-likeness (QED) is 0.332. The van der Waals surface area contributed by atoms with Crippen molar-refractivity contribution in [3.63, 3.8) is 0 Å². The Balaban J connectivity index is -0.0000000575. The summed E-state index contributed by atoms with van der Waals surface area (Å²) in [5, 5.41) is 0. The summed E-state index contributed by atoms with van der Waals surface area (Å²) < 4.78 is 0. The fourth-order valence-corrected chi connectivity index (χ4v) is 0. The minimum Gasteiger partial charge on any atom is -0.137 e. The van der Waals surface area contributed by atoms with Gasteiger partial charge in [0, 0.05) is 0 Å². The van der Waals surface area contributed by atoms with Gasteiger partial charge in [-0.15, -0.1) is 17.6 Å². The Morgan fingerprint density at radius 2 is 1.12 bits per heavy atom. The minimum atomic E-state index is 0. The van der Waals surface area contributed by atoms with Gasteiger partial charge in [-0.2, -0.15) is 0 Å². The highest BCUT2D eigenvalue weighted by molar-refractivity contribution is 4.89. The van der Waals surface area contributed by atoms with Crippen LogP contribution in [0.3, 0.4) is 0 Å². The Morgan fingerprint density at radius 3 is 1.12 bits per heavy atom. The second kappa shape index (κ2) is 36.3. The van der Waals surface area contributed by atoms with Crippen LogP contribution in [0, 0.1) is 11.8 Å². The van der Waals surface area contributed by atoms with Crippen molar-refractivity contribution in [2.75, 3.05) is 0 Å². The van der Waals surface area contributed by atoms with Crippen LogP contribution in [0.2, 0.25) is 0 Å². The first kappa shape index (κ1) is 15.7. The summed E-state index contributed by atoms with van der Waals surface area (Å²) in [4.78, 5) is 0. The van der Waals surface area contributed by atoms with Gasteiger partial charge in [0.15, 0.2) is 0 Å². The van der Waals surface area contributed by atoms with Crippen molar-refractivity contribution < 1.29 is 0 Å². The largest absolute Gasteiger partial charge is 0.137 e. The molecule has 0 aromatic heterocycles. The molecule has 0 atom stereocenters. The third-order valence-electron chi connectivity index (χ3n) is 0.250. The van der Waals surface area contributed by atoms with E-state index in [9.17, 15) is 0 Å². The molecule has 0 saturated carbocycles. The Labute approximate surface area is 52.9 Å². The second-order valence-corrected chi connectivity index (χ2v) is 0.750. The van der Waals surface area contributed by atoms with Crippen LogP contribution >= 0.6 is 0 Å². The normalized spacial score (nSPS) is 2.75. The van der Waals surface area contributed by atoms with Crippen LogP contribution in [0.4, 0.5) is 0 Å². The van der Waals surface area contributed by atoms with E-state index in [4.69, 9.17) is 0 Å². The SMILES string of the molecule is C.C=C=C.CC#CC. The second-order valence-electron chi connectivity index (χ2n) is 0.750. The van der Waals surface area contributed by atoms with Crippen LogP contribution < -0.4 is 0 Å². The zero-order valence-corrected chi connectivity index (χ0v) is 4.91. The van der Waals surface area contributed by atoms with Gasteiger partial charge >= 0.3 is 0 Å². The van der Waals surface area contributed by atoms with Gasteiger partial charge in [-0.25, -0.2) is 0 Å². The first-order valence-corrected chi connectivity index (χ1v) is 1.96. The standard InChI is InChI=1S/C4H6.C3H4.CH4/c1-3-4-2;1-3-2;/h1-2H3;1-2H2;1H4. The lowest BCUT2D eigenvalue weighted by atomic mass is 10.7. The molecule has 0 spiro atoms. The Morgan fingerprint density at radius 1 is 1.00 bits per heavy atom. The lowest BCUT2D eigenvalue weighted by molar-refractivity contribution is 1.83. The van der Waals surface area contributed by atoms with Crippen molar-refractivity contribution in [3.05, 3.63) is 18.9 Å². The third-order valence-corrected chi connectivity index (χ3v) is 0.250. The van der Waals surface area contributed by atoms with Crippen LogP contribution in [0.5, 0.6) is 0 Å². The van der Waals surface area contributed by atoms with Crippen molar-refractivity contribution in [1.29, 1.82) is 0 Å². The van der Waals surface area contributed by atoms with Crippen LogP contribution in [0.1, 0.15) is 21.3 Å². The molecule has 0 nitrogen and oxygen atoms in total. The van der Waals surface area contributed by atoms with Gasteiger partial charge in [-0.05, 0) is 13.8 Å².